The van der Waals surface area contributed by atoms with Crippen molar-refractivity contribution in [3.63, 3.8) is 0 Å². The van der Waals surface area contributed by atoms with Crippen LogP contribution in [0.15, 0.2) is 54.0 Å². The second-order valence-corrected chi connectivity index (χ2v) is 16.5. The standard InChI is InChI=1S/C30H40N4O4S2/c1-22-19-26-25(21-31-22)29(35)34(15-14-32(26)2)23-9-7-10-24(20-23)38-27(28-11-8-17-39-28)12-13-33(3)30(36)37-16-18-40(4,5)6/h7-11,17,19-21,27H,12-16,18H2,1-6H3. The first-order valence-electron chi connectivity index (χ1n) is 13.4. The molecular weight excluding hydrogens is 544 g/mol. The fourth-order valence-electron chi connectivity index (χ4n) is 4.40. The third kappa shape index (κ3) is 7.69. The lowest BCUT2D eigenvalue weighted by molar-refractivity contribution is 0.0989. The summed E-state index contributed by atoms with van der Waals surface area (Å²) >= 11 is 1.62. The number of hydrogen-bond donors (Lipinski definition) is 0. The van der Waals surface area contributed by atoms with Gasteiger partial charge in [0.25, 0.3) is 5.91 Å². The summed E-state index contributed by atoms with van der Waals surface area (Å²) < 4.78 is 12.0. The van der Waals surface area contributed by atoms with E-state index in [0.29, 0.717) is 44.0 Å². The van der Waals surface area contributed by atoms with E-state index in [-0.39, 0.29) is 18.1 Å². The first kappa shape index (κ1) is 29.7. The van der Waals surface area contributed by atoms with Crippen LogP contribution in [0.1, 0.15) is 33.5 Å². The van der Waals surface area contributed by atoms with Gasteiger partial charge < -0.3 is 24.2 Å². The van der Waals surface area contributed by atoms with Crippen LogP contribution in [0, 0.1) is 6.92 Å². The molecule has 0 aliphatic carbocycles. The van der Waals surface area contributed by atoms with Crippen LogP contribution in [0.25, 0.3) is 0 Å². The lowest BCUT2D eigenvalue weighted by atomic mass is 10.1. The Bertz CT molecular complexity index is 1310. The molecule has 3 aromatic rings. The number of hydrogen-bond acceptors (Lipinski definition) is 7. The van der Waals surface area contributed by atoms with Gasteiger partial charge in [-0.1, -0.05) is 12.1 Å². The van der Waals surface area contributed by atoms with Gasteiger partial charge in [0, 0.05) is 74.4 Å². The maximum atomic E-state index is 13.6. The first-order chi connectivity index (χ1) is 19.0. The molecule has 0 spiro atoms. The number of amides is 2. The summed E-state index contributed by atoms with van der Waals surface area (Å²) in [5.74, 6) is 1.48. The Balaban J connectivity index is 1.46. The highest BCUT2D eigenvalue weighted by atomic mass is 32.3. The van der Waals surface area contributed by atoms with Crippen molar-refractivity contribution >= 4 is 44.7 Å². The fourth-order valence-corrected chi connectivity index (χ4v) is 5.78. The van der Waals surface area contributed by atoms with E-state index < -0.39 is 10.0 Å². The number of thiophene rings is 1. The van der Waals surface area contributed by atoms with Crippen LogP contribution < -0.4 is 14.5 Å². The number of rotatable bonds is 10. The molecule has 216 valence electrons. The van der Waals surface area contributed by atoms with Gasteiger partial charge in [0.15, 0.2) is 0 Å². The van der Waals surface area contributed by atoms with Crippen molar-refractivity contribution in [3.05, 3.63) is 70.2 Å². The molecule has 0 saturated carbocycles. The third-order valence-corrected chi connectivity index (χ3v) is 9.15. The van der Waals surface area contributed by atoms with Crippen molar-refractivity contribution < 1.29 is 19.1 Å². The number of likely N-dealkylation sites (N-methyl/N-ethyl adjacent to an activating group) is 1. The second-order valence-electron chi connectivity index (χ2n) is 11.0. The lowest BCUT2D eigenvalue weighted by Gasteiger charge is -2.26. The summed E-state index contributed by atoms with van der Waals surface area (Å²) in [6.45, 7) is 4.10. The molecule has 1 aliphatic rings. The number of ether oxygens (including phenoxy) is 2. The zero-order chi connectivity index (χ0) is 28.9. The highest BCUT2D eigenvalue weighted by Crippen LogP contribution is 2.34. The predicted molar refractivity (Wildman–Crippen MR) is 167 cm³/mol. The maximum absolute atomic E-state index is 13.6. The minimum absolute atomic E-state index is 0.0768. The number of pyridine rings is 1. The van der Waals surface area contributed by atoms with E-state index in [0.717, 1.165) is 27.7 Å². The zero-order valence-electron chi connectivity index (χ0n) is 24.3. The number of benzene rings is 1. The minimum atomic E-state index is -0.716. The van der Waals surface area contributed by atoms with E-state index in [1.54, 1.807) is 34.4 Å². The van der Waals surface area contributed by atoms with Crippen LogP contribution in [0.3, 0.4) is 0 Å². The molecule has 1 atom stereocenters. The van der Waals surface area contributed by atoms with Crippen molar-refractivity contribution in [2.24, 2.45) is 0 Å². The quantitative estimate of drug-likeness (QED) is 0.299. The van der Waals surface area contributed by atoms with E-state index in [2.05, 4.69) is 28.7 Å². The SMILES string of the molecule is Cc1cc2c(cn1)C(=O)N(c1cccc(OC(CCN(C)C(=O)OCCS(C)(C)C)c3cccs3)c1)CCN2C. The Morgan fingerprint density at radius 1 is 1.18 bits per heavy atom. The van der Waals surface area contributed by atoms with Gasteiger partial charge in [-0.2, -0.15) is 0 Å². The Hall–Kier alpha value is -3.24. The predicted octanol–water partition coefficient (Wildman–Crippen LogP) is 5.82. The van der Waals surface area contributed by atoms with Crippen molar-refractivity contribution in [2.75, 3.05) is 74.7 Å². The molecule has 40 heavy (non-hydrogen) atoms. The summed E-state index contributed by atoms with van der Waals surface area (Å²) in [4.78, 5) is 37.0. The fraction of sp³-hybridized carbons (Fsp3) is 0.433. The van der Waals surface area contributed by atoms with Gasteiger partial charge in [-0.05, 0) is 55.3 Å². The first-order valence-corrected chi connectivity index (χ1v) is 17.3. The molecule has 0 fully saturated rings. The average molecular weight is 585 g/mol. The molecule has 0 radical (unpaired) electrons. The molecule has 1 aliphatic heterocycles. The topological polar surface area (TPSA) is 75.2 Å². The summed E-state index contributed by atoms with van der Waals surface area (Å²) in [6.07, 6.45) is 8.34. The summed E-state index contributed by atoms with van der Waals surface area (Å²) in [5, 5.41) is 2.02. The van der Waals surface area contributed by atoms with Crippen LogP contribution in [-0.2, 0) is 4.74 Å². The molecular formula is C30H40N4O4S2. The summed E-state index contributed by atoms with van der Waals surface area (Å²) in [6, 6.07) is 13.7. The maximum Gasteiger partial charge on any atom is 0.409 e. The second kappa shape index (κ2) is 13.0. The average Bonchev–Trinajstić information content (AvgIpc) is 3.41. The number of fused-ring (bicyclic) bond motifs is 1. The Kier molecular flexibility index (Phi) is 9.63. The molecule has 8 nitrogen and oxygen atoms in total. The van der Waals surface area contributed by atoms with E-state index in [1.165, 1.54) is 0 Å². The molecule has 2 aromatic heterocycles. The van der Waals surface area contributed by atoms with Crippen molar-refractivity contribution in [1.82, 2.24) is 9.88 Å². The number of aromatic nitrogens is 1. The van der Waals surface area contributed by atoms with Gasteiger partial charge in [0.2, 0.25) is 0 Å². The molecule has 4 rings (SSSR count). The number of carbonyl (C=O) groups is 2. The Labute approximate surface area is 243 Å². The van der Waals surface area contributed by atoms with Crippen LogP contribution in [0.5, 0.6) is 5.75 Å². The number of aryl methyl sites for hydroxylation is 1. The van der Waals surface area contributed by atoms with Crippen molar-refractivity contribution in [3.8, 4) is 5.75 Å². The lowest BCUT2D eigenvalue weighted by Crippen LogP contribution is -2.33. The number of nitrogens with zero attached hydrogens (tertiary/aromatic N) is 4. The molecule has 1 unspecified atom stereocenters. The van der Waals surface area contributed by atoms with Gasteiger partial charge in [-0.15, -0.1) is 11.3 Å². The van der Waals surface area contributed by atoms with Crippen LogP contribution in [0.4, 0.5) is 16.2 Å². The number of anilines is 2. The smallest absolute Gasteiger partial charge is 0.409 e. The molecule has 0 saturated heterocycles. The highest BCUT2D eigenvalue weighted by molar-refractivity contribution is 8.32. The summed E-state index contributed by atoms with van der Waals surface area (Å²) in [7, 11) is 3.04. The monoisotopic (exact) mass is 584 g/mol. The van der Waals surface area contributed by atoms with E-state index in [1.807, 2.05) is 61.8 Å². The molecule has 2 amide bonds. The van der Waals surface area contributed by atoms with Gasteiger partial charge in [-0.3, -0.25) is 9.78 Å². The van der Waals surface area contributed by atoms with Gasteiger partial charge in [0.1, 0.15) is 18.5 Å². The van der Waals surface area contributed by atoms with Gasteiger partial charge >= 0.3 is 6.09 Å². The minimum Gasteiger partial charge on any atom is -0.485 e. The molecule has 1 aromatic carbocycles. The zero-order valence-corrected chi connectivity index (χ0v) is 25.9. The number of carbonyl (C=O) groups excluding carboxylic acids is 2. The van der Waals surface area contributed by atoms with E-state index in [4.69, 9.17) is 9.47 Å². The molecule has 3 heterocycles. The Morgan fingerprint density at radius 2 is 1.98 bits per heavy atom. The normalized spacial score (nSPS) is 14.8. The Morgan fingerprint density at radius 3 is 2.70 bits per heavy atom. The van der Waals surface area contributed by atoms with Crippen molar-refractivity contribution in [2.45, 2.75) is 19.4 Å². The van der Waals surface area contributed by atoms with Crippen LogP contribution in [-0.4, -0.2) is 86.7 Å². The van der Waals surface area contributed by atoms with Gasteiger partial charge in [0.05, 0.1) is 11.3 Å². The third-order valence-electron chi connectivity index (χ3n) is 6.79. The van der Waals surface area contributed by atoms with Crippen LogP contribution in [0.2, 0.25) is 0 Å². The van der Waals surface area contributed by atoms with E-state index >= 15 is 0 Å². The van der Waals surface area contributed by atoms with Crippen molar-refractivity contribution in [1.29, 1.82) is 0 Å². The van der Waals surface area contributed by atoms with E-state index in [9.17, 15) is 9.59 Å². The van der Waals surface area contributed by atoms with Gasteiger partial charge in [-0.25, -0.2) is 14.8 Å². The van der Waals surface area contributed by atoms with Crippen LogP contribution >= 0.6 is 21.4 Å². The molecule has 10 heteroatoms. The molecule has 0 bridgehead atoms. The molecule has 0 N–H and O–H groups in total. The highest BCUT2D eigenvalue weighted by Gasteiger charge is 2.27. The largest absolute Gasteiger partial charge is 0.485 e. The summed E-state index contributed by atoms with van der Waals surface area (Å²) in [5.41, 5.74) is 3.14.